The topological polar surface area (TPSA) is 88.0 Å². The number of nitrogens with one attached hydrogen (secondary N) is 2. The molecular weight excluding hydrogens is 373 g/mol. The van der Waals surface area contributed by atoms with Gasteiger partial charge in [0.2, 0.25) is 5.91 Å². The van der Waals surface area contributed by atoms with E-state index in [4.69, 9.17) is 0 Å². The lowest BCUT2D eigenvalue weighted by Gasteiger charge is -2.19. The largest absolute Gasteiger partial charge is 0.361 e. The van der Waals surface area contributed by atoms with E-state index in [1.165, 1.54) is 18.2 Å². The predicted octanol–water partition coefficient (Wildman–Crippen LogP) is 4.82. The van der Waals surface area contributed by atoms with Crippen molar-refractivity contribution in [1.29, 1.82) is 0 Å². The molecule has 29 heavy (non-hydrogen) atoms. The van der Waals surface area contributed by atoms with Crippen LogP contribution in [0.4, 0.5) is 10.1 Å². The van der Waals surface area contributed by atoms with Crippen LogP contribution in [0, 0.1) is 28.8 Å². The average Bonchev–Trinajstić information content (AvgIpc) is 3.09. The fraction of sp³-hybridized carbons (Fsp3) is 0.318. The van der Waals surface area contributed by atoms with E-state index in [-0.39, 0.29) is 18.0 Å². The molecule has 0 radical (unpaired) electrons. The van der Waals surface area contributed by atoms with Crippen LogP contribution in [-0.2, 0) is 4.79 Å². The first-order valence-corrected chi connectivity index (χ1v) is 9.54. The standard InChI is InChI=1S/C22H24FN3O3/c1-13(2)11-25-22(27)10-16(17-8-14(3)4-6-20(17)23)19-12-24-21-7-5-15(26(28)29)9-18(19)21/h4-9,12-13,16,24H,10-11H2,1-3H3,(H,25,27)/t16-/m1/s1. The van der Waals surface area contributed by atoms with Gasteiger partial charge in [0.25, 0.3) is 5.69 Å². The Morgan fingerprint density at radius 1 is 1.21 bits per heavy atom. The van der Waals surface area contributed by atoms with Crippen LogP contribution in [0.3, 0.4) is 0 Å². The third-order valence-electron chi connectivity index (χ3n) is 4.91. The number of hydrogen-bond acceptors (Lipinski definition) is 3. The van der Waals surface area contributed by atoms with Gasteiger partial charge in [0.05, 0.1) is 4.92 Å². The number of aryl methyl sites for hydroxylation is 1. The second-order valence-corrected chi connectivity index (χ2v) is 7.71. The number of aromatic nitrogens is 1. The molecule has 6 nitrogen and oxygen atoms in total. The number of aromatic amines is 1. The van der Waals surface area contributed by atoms with Crippen molar-refractivity contribution in [2.75, 3.05) is 6.54 Å². The van der Waals surface area contributed by atoms with Crippen molar-refractivity contribution in [3.63, 3.8) is 0 Å². The Bertz CT molecular complexity index is 1060. The molecule has 0 aliphatic carbocycles. The molecule has 0 saturated heterocycles. The summed E-state index contributed by atoms with van der Waals surface area (Å²) in [5.74, 6) is -0.872. The van der Waals surface area contributed by atoms with Crippen molar-refractivity contribution in [3.05, 3.63) is 75.2 Å². The van der Waals surface area contributed by atoms with Gasteiger partial charge in [-0.3, -0.25) is 14.9 Å². The normalized spacial score (nSPS) is 12.3. The van der Waals surface area contributed by atoms with Gasteiger partial charge in [-0.1, -0.05) is 31.5 Å². The number of nitrogens with zero attached hydrogens (tertiary/aromatic N) is 1. The number of carbonyl (C=O) groups is 1. The Balaban J connectivity index is 2.09. The highest BCUT2D eigenvalue weighted by molar-refractivity contribution is 5.87. The van der Waals surface area contributed by atoms with E-state index < -0.39 is 16.7 Å². The van der Waals surface area contributed by atoms with Crippen molar-refractivity contribution in [3.8, 4) is 0 Å². The van der Waals surface area contributed by atoms with E-state index in [0.29, 0.717) is 34.5 Å². The fourth-order valence-corrected chi connectivity index (χ4v) is 3.43. The summed E-state index contributed by atoms with van der Waals surface area (Å²) < 4.78 is 14.7. The number of benzene rings is 2. The van der Waals surface area contributed by atoms with E-state index in [9.17, 15) is 19.3 Å². The third-order valence-corrected chi connectivity index (χ3v) is 4.91. The zero-order chi connectivity index (χ0) is 21.1. The highest BCUT2D eigenvalue weighted by Gasteiger charge is 2.25. The number of H-pyrrole nitrogens is 1. The van der Waals surface area contributed by atoms with Crippen LogP contribution in [0.5, 0.6) is 0 Å². The van der Waals surface area contributed by atoms with Crippen LogP contribution in [0.1, 0.15) is 42.9 Å². The van der Waals surface area contributed by atoms with Gasteiger partial charge in [-0.2, -0.15) is 0 Å². The lowest BCUT2D eigenvalue weighted by molar-refractivity contribution is -0.384. The van der Waals surface area contributed by atoms with Crippen LogP contribution in [0.15, 0.2) is 42.6 Å². The van der Waals surface area contributed by atoms with Crippen molar-refractivity contribution >= 4 is 22.5 Å². The summed E-state index contributed by atoms with van der Waals surface area (Å²) in [4.78, 5) is 26.4. The summed E-state index contributed by atoms with van der Waals surface area (Å²) in [6, 6.07) is 9.30. The van der Waals surface area contributed by atoms with Crippen LogP contribution >= 0.6 is 0 Å². The van der Waals surface area contributed by atoms with Gasteiger partial charge in [0.1, 0.15) is 5.82 Å². The summed E-state index contributed by atoms with van der Waals surface area (Å²) in [5.41, 5.74) is 2.59. The molecule has 3 rings (SSSR count). The maximum Gasteiger partial charge on any atom is 0.270 e. The molecule has 1 atom stereocenters. The van der Waals surface area contributed by atoms with E-state index in [1.807, 2.05) is 20.8 Å². The van der Waals surface area contributed by atoms with E-state index in [1.54, 1.807) is 24.4 Å². The Hall–Kier alpha value is -3.22. The van der Waals surface area contributed by atoms with Gasteiger partial charge < -0.3 is 10.3 Å². The molecule has 152 valence electrons. The maximum absolute atomic E-state index is 14.7. The van der Waals surface area contributed by atoms with Crippen LogP contribution in [0.25, 0.3) is 10.9 Å². The van der Waals surface area contributed by atoms with Gasteiger partial charge in [-0.25, -0.2) is 4.39 Å². The van der Waals surface area contributed by atoms with Crippen molar-refractivity contribution in [1.82, 2.24) is 10.3 Å². The summed E-state index contributed by atoms with van der Waals surface area (Å²) in [6.07, 6.45) is 1.75. The van der Waals surface area contributed by atoms with Crippen molar-refractivity contribution in [2.45, 2.75) is 33.1 Å². The lowest BCUT2D eigenvalue weighted by Crippen LogP contribution is -2.29. The molecule has 0 aliphatic rings. The van der Waals surface area contributed by atoms with Crippen molar-refractivity contribution < 1.29 is 14.1 Å². The minimum atomic E-state index is -0.571. The quantitative estimate of drug-likeness (QED) is 0.443. The zero-order valence-electron chi connectivity index (χ0n) is 16.7. The molecule has 1 aromatic heterocycles. The first kappa shape index (κ1) is 20.5. The number of nitro groups is 1. The highest BCUT2D eigenvalue weighted by atomic mass is 19.1. The molecule has 1 amide bonds. The van der Waals surface area contributed by atoms with E-state index >= 15 is 0 Å². The SMILES string of the molecule is Cc1ccc(F)c([C@@H](CC(=O)NCC(C)C)c2c[nH]c3ccc([N+](=O)[O-])cc23)c1. The molecule has 0 unspecified atom stereocenters. The summed E-state index contributed by atoms with van der Waals surface area (Å²) in [5, 5.41) is 14.7. The zero-order valence-corrected chi connectivity index (χ0v) is 16.7. The van der Waals surface area contributed by atoms with Crippen LogP contribution < -0.4 is 5.32 Å². The average molecular weight is 397 g/mol. The Morgan fingerprint density at radius 3 is 2.66 bits per heavy atom. The van der Waals surface area contributed by atoms with Gasteiger partial charge in [-0.15, -0.1) is 0 Å². The second kappa shape index (κ2) is 8.43. The molecule has 0 saturated carbocycles. The first-order valence-electron chi connectivity index (χ1n) is 9.54. The van der Waals surface area contributed by atoms with Crippen LogP contribution in [0.2, 0.25) is 0 Å². The smallest absolute Gasteiger partial charge is 0.270 e. The van der Waals surface area contributed by atoms with Gasteiger partial charge >= 0.3 is 0 Å². The minimum Gasteiger partial charge on any atom is -0.361 e. The van der Waals surface area contributed by atoms with E-state index in [2.05, 4.69) is 10.3 Å². The number of hydrogen-bond donors (Lipinski definition) is 2. The van der Waals surface area contributed by atoms with Crippen molar-refractivity contribution in [2.24, 2.45) is 5.92 Å². The Kier molecular flexibility index (Phi) is 5.96. The molecule has 7 heteroatoms. The lowest BCUT2D eigenvalue weighted by atomic mass is 9.86. The molecular formula is C22H24FN3O3. The predicted molar refractivity (Wildman–Crippen MR) is 110 cm³/mol. The molecule has 0 fully saturated rings. The number of fused-ring (bicyclic) bond motifs is 1. The highest BCUT2D eigenvalue weighted by Crippen LogP contribution is 2.36. The minimum absolute atomic E-state index is 0.0444. The maximum atomic E-state index is 14.7. The molecule has 1 heterocycles. The Morgan fingerprint density at radius 2 is 1.97 bits per heavy atom. The first-order chi connectivity index (χ1) is 13.8. The van der Waals surface area contributed by atoms with Gasteiger partial charge in [0.15, 0.2) is 0 Å². The number of rotatable bonds is 7. The van der Waals surface area contributed by atoms with E-state index in [0.717, 1.165) is 5.56 Å². The summed E-state index contributed by atoms with van der Waals surface area (Å²) in [6.45, 7) is 6.38. The number of halogens is 1. The number of non-ortho nitro benzene ring substituents is 1. The monoisotopic (exact) mass is 397 g/mol. The molecule has 0 spiro atoms. The summed E-state index contributed by atoms with van der Waals surface area (Å²) >= 11 is 0. The molecule has 2 N–H and O–H groups in total. The van der Waals surface area contributed by atoms with Gasteiger partial charge in [0, 0.05) is 48.1 Å². The number of amides is 1. The fourth-order valence-electron chi connectivity index (χ4n) is 3.43. The van der Waals surface area contributed by atoms with Crippen LogP contribution in [-0.4, -0.2) is 22.4 Å². The number of nitro benzene ring substituents is 1. The second-order valence-electron chi connectivity index (χ2n) is 7.71. The third kappa shape index (κ3) is 4.62. The molecule has 0 bridgehead atoms. The summed E-state index contributed by atoms with van der Waals surface area (Å²) in [7, 11) is 0. The number of carbonyl (C=O) groups excluding carboxylic acids is 1. The molecule has 0 aliphatic heterocycles. The molecule has 3 aromatic rings. The molecule has 2 aromatic carbocycles. The Labute approximate surface area is 168 Å². The van der Waals surface area contributed by atoms with Gasteiger partial charge in [-0.05, 0) is 36.1 Å².